The summed E-state index contributed by atoms with van der Waals surface area (Å²) in [5, 5.41) is 2.67. The Morgan fingerprint density at radius 2 is 1.81 bits per heavy atom. The molecule has 7 heteroatoms. The fourth-order valence-corrected chi connectivity index (χ4v) is 4.76. The summed E-state index contributed by atoms with van der Waals surface area (Å²) < 4.78 is 34.1. The molecule has 4 rings (SSSR count). The van der Waals surface area contributed by atoms with Crippen LogP contribution in [0.4, 0.5) is 14.5 Å². The van der Waals surface area contributed by atoms with Crippen molar-refractivity contribution in [2.75, 3.05) is 25.5 Å². The summed E-state index contributed by atoms with van der Waals surface area (Å²) in [5.74, 6) is -2.34. The zero-order valence-corrected chi connectivity index (χ0v) is 21.6. The number of amides is 1. The normalized spacial score (nSPS) is 16.1. The largest absolute Gasteiger partial charge is 0.497 e. The molecule has 1 aromatic heterocycles. The van der Waals surface area contributed by atoms with Crippen LogP contribution >= 0.6 is 0 Å². The second-order valence-corrected chi connectivity index (χ2v) is 9.63. The quantitative estimate of drug-likeness (QED) is 0.376. The van der Waals surface area contributed by atoms with Crippen molar-refractivity contribution in [1.29, 1.82) is 0 Å². The molecule has 37 heavy (non-hydrogen) atoms. The number of anilines is 1. The molecule has 3 aromatic rings. The topological polar surface area (TPSA) is 54.5 Å². The molecule has 1 amide bonds. The number of rotatable bonds is 7. The van der Waals surface area contributed by atoms with E-state index in [0.717, 1.165) is 56.4 Å². The summed E-state index contributed by atoms with van der Waals surface area (Å²) in [6, 6.07) is 16.2. The number of aromatic nitrogens is 1. The minimum absolute atomic E-state index is 0.0719. The number of nitrogens with zero attached hydrogens (tertiary/aromatic N) is 2. The van der Waals surface area contributed by atoms with E-state index in [2.05, 4.69) is 33.9 Å². The Hall–Kier alpha value is -3.74. The molecule has 1 saturated heterocycles. The van der Waals surface area contributed by atoms with Gasteiger partial charge in [-0.25, -0.2) is 8.78 Å². The van der Waals surface area contributed by atoms with Gasteiger partial charge in [-0.1, -0.05) is 30.8 Å². The Balaban J connectivity index is 1.52. The molecular formula is C30H33F2N3O2. The fourth-order valence-electron chi connectivity index (χ4n) is 4.76. The van der Waals surface area contributed by atoms with Crippen LogP contribution in [0.2, 0.25) is 0 Å². The smallest absolute Gasteiger partial charge is 0.272 e. The van der Waals surface area contributed by atoms with Crippen LogP contribution in [0.15, 0.2) is 67.4 Å². The summed E-state index contributed by atoms with van der Waals surface area (Å²) in [6.45, 7) is 8.56. The van der Waals surface area contributed by atoms with Gasteiger partial charge in [0, 0.05) is 43.2 Å². The Kier molecular flexibility index (Phi) is 7.91. The predicted octanol–water partition coefficient (Wildman–Crippen LogP) is 7.00. The number of halogens is 2. The van der Waals surface area contributed by atoms with Gasteiger partial charge in [0.2, 0.25) is 0 Å². The lowest BCUT2D eigenvalue weighted by atomic mass is 9.92. The number of hydrogen-bond donors (Lipinski definition) is 1. The molecule has 5 nitrogen and oxygen atoms in total. The molecule has 1 N–H and O–H groups in total. The zero-order valence-electron chi connectivity index (χ0n) is 21.6. The van der Waals surface area contributed by atoms with Crippen molar-refractivity contribution >= 4 is 17.3 Å². The highest BCUT2D eigenvalue weighted by Crippen LogP contribution is 2.37. The average Bonchev–Trinajstić information content (AvgIpc) is 3.14. The molecule has 2 aromatic carbocycles. The summed E-state index contributed by atoms with van der Waals surface area (Å²) in [7, 11) is 1.66. The number of benzene rings is 2. The van der Waals surface area contributed by atoms with Crippen LogP contribution in [-0.4, -0.2) is 36.0 Å². The van der Waals surface area contributed by atoms with Gasteiger partial charge in [-0.3, -0.25) is 9.78 Å². The highest BCUT2D eigenvalue weighted by Gasteiger charge is 2.29. The lowest BCUT2D eigenvalue weighted by molar-refractivity contribution is 0.0182. The van der Waals surface area contributed by atoms with Gasteiger partial charge in [0.25, 0.3) is 11.8 Å². The van der Waals surface area contributed by atoms with E-state index in [-0.39, 0.29) is 11.3 Å². The van der Waals surface area contributed by atoms with Crippen molar-refractivity contribution in [3.63, 3.8) is 0 Å². The van der Waals surface area contributed by atoms with Crippen molar-refractivity contribution in [3.8, 4) is 5.75 Å². The molecule has 0 spiro atoms. The van der Waals surface area contributed by atoms with Gasteiger partial charge in [0.15, 0.2) is 0 Å². The number of methoxy groups -OCH3 is 1. The maximum Gasteiger partial charge on any atom is 0.272 e. The number of pyridine rings is 1. The molecule has 1 unspecified atom stereocenters. The van der Waals surface area contributed by atoms with Crippen LogP contribution < -0.4 is 10.1 Å². The average molecular weight is 506 g/mol. The van der Waals surface area contributed by atoms with Crippen LogP contribution in [0.5, 0.6) is 5.75 Å². The Bertz CT molecular complexity index is 1250. The standard InChI is InChI=1S/C30H33F2N3O2/c1-20-7-8-25(19-33-20)29(36)34-28-18-24(11-14-27(28)30(3,31)32)21(2)35-16-5-6-22(15-17-35)23-9-12-26(37-4)13-10-23/h7-14,18-19,22H,2,5-6,15-17H2,1,3-4H3,(H,34,36). The van der Waals surface area contributed by atoms with Gasteiger partial charge in [-0.05, 0) is 73.6 Å². The molecule has 0 aliphatic carbocycles. The van der Waals surface area contributed by atoms with E-state index < -0.39 is 11.8 Å². The highest BCUT2D eigenvalue weighted by molar-refractivity contribution is 6.04. The van der Waals surface area contributed by atoms with Crippen LogP contribution in [-0.2, 0) is 5.92 Å². The number of carbonyl (C=O) groups excluding carboxylic acids is 1. The van der Waals surface area contributed by atoms with Gasteiger partial charge in [-0.2, -0.15) is 0 Å². The minimum Gasteiger partial charge on any atom is -0.497 e. The first-order valence-corrected chi connectivity index (χ1v) is 12.5. The van der Waals surface area contributed by atoms with Gasteiger partial charge < -0.3 is 15.0 Å². The number of aryl methyl sites for hydroxylation is 1. The summed E-state index contributed by atoms with van der Waals surface area (Å²) in [6.07, 6.45) is 4.45. The van der Waals surface area contributed by atoms with Gasteiger partial charge >= 0.3 is 0 Å². The maximum atomic E-state index is 14.4. The van der Waals surface area contributed by atoms with E-state index in [1.54, 1.807) is 31.4 Å². The third kappa shape index (κ3) is 6.34. The minimum atomic E-state index is -3.12. The number of likely N-dealkylation sites (tertiary alicyclic amines) is 1. The van der Waals surface area contributed by atoms with E-state index in [4.69, 9.17) is 4.74 Å². The first kappa shape index (κ1) is 26.3. The van der Waals surface area contributed by atoms with E-state index in [1.807, 2.05) is 19.1 Å². The van der Waals surface area contributed by atoms with Crippen LogP contribution in [0, 0.1) is 6.92 Å². The van der Waals surface area contributed by atoms with Crippen LogP contribution in [0.25, 0.3) is 5.70 Å². The molecule has 1 aliphatic heterocycles. The van der Waals surface area contributed by atoms with Crippen molar-refractivity contribution < 1.29 is 18.3 Å². The summed E-state index contributed by atoms with van der Waals surface area (Å²) in [4.78, 5) is 19.1. The molecule has 0 radical (unpaired) electrons. The molecular weight excluding hydrogens is 472 g/mol. The highest BCUT2D eigenvalue weighted by atomic mass is 19.3. The van der Waals surface area contributed by atoms with E-state index >= 15 is 0 Å². The zero-order chi connectivity index (χ0) is 26.6. The van der Waals surface area contributed by atoms with Gasteiger partial charge in [-0.15, -0.1) is 0 Å². The van der Waals surface area contributed by atoms with Crippen molar-refractivity contribution in [3.05, 3.63) is 95.3 Å². The fraction of sp³-hybridized carbons (Fsp3) is 0.333. The molecule has 194 valence electrons. The van der Waals surface area contributed by atoms with Crippen molar-refractivity contribution in [2.24, 2.45) is 0 Å². The second kappa shape index (κ2) is 11.1. The number of hydrogen-bond acceptors (Lipinski definition) is 4. The first-order valence-electron chi connectivity index (χ1n) is 12.5. The lowest BCUT2D eigenvalue weighted by Gasteiger charge is -2.26. The molecule has 1 fully saturated rings. The summed E-state index contributed by atoms with van der Waals surface area (Å²) >= 11 is 0. The van der Waals surface area contributed by atoms with Gasteiger partial charge in [0.1, 0.15) is 5.75 Å². The first-order chi connectivity index (χ1) is 17.7. The third-order valence-electron chi connectivity index (χ3n) is 6.94. The lowest BCUT2D eigenvalue weighted by Crippen LogP contribution is -2.23. The Labute approximate surface area is 217 Å². The Morgan fingerprint density at radius 3 is 2.46 bits per heavy atom. The molecule has 1 atom stereocenters. The van der Waals surface area contributed by atoms with Crippen LogP contribution in [0.3, 0.4) is 0 Å². The third-order valence-corrected chi connectivity index (χ3v) is 6.94. The molecule has 2 heterocycles. The molecule has 0 bridgehead atoms. The summed E-state index contributed by atoms with van der Waals surface area (Å²) in [5.41, 5.74) is 3.65. The SMILES string of the molecule is C=C(c1ccc(C(C)(F)F)c(NC(=O)c2ccc(C)nc2)c1)N1CCCC(c2ccc(OC)cc2)CC1. The molecule has 1 aliphatic rings. The monoisotopic (exact) mass is 505 g/mol. The van der Waals surface area contributed by atoms with E-state index in [9.17, 15) is 13.6 Å². The second-order valence-electron chi connectivity index (χ2n) is 9.63. The van der Waals surface area contributed by atoms with Crippen molar-refractivity contribution in [1.82, 2.24) is 9.88 Å². The van der Waals surface area contributed by atoms with E-state index in [0.29, 0.717) is 17.0 Å². The number of carbonyl (C=O) groups is 1. The molecule has 0 saturated carbocycles. The maximum absolute atomic E-state index is 14.4. The number of alkyl halides is 2. The number of ether oxygens (including phenoxy) is 1. The van der Waals surface area contributed by atoms with E-state index in [1.165, 1.54) is 17.8 Å². The predicted molar refractivity (Wildman–Crippen MR) is 143 cm³/mol. The van der Waals surface area contributed by atoms with Crippen LogP contribution in [0.1, 0.15) is 64.8 Å². The van der Waals surface area contributed by atoms with Gasteiger partial charge in [0.05, 0.1) is 18.4 Å². The van der Waals surface area contributed by atoms with Crippen molar-refractivity contribution in [2.45, 2.75) is 45.0 Å². The number of nitrogens with one attached hydrogen (secondary N) is 1. The Morgan fingerprint density at radius 1 is 1.08 bits per heavy atom.